The van der Waals surface area contributed by atoms with Gasteiger partial charge in [-0.15, -0.1) is 0 Å². The van der Waals surface area contributed by atoms with Gasteiger partial charge in [0.15, 0.2) is 0 Å². The van der Waals surface area contributed by atoms with E-state index in [4.69, 9.17) is 14.2 Å². The quantitative estimate of drug-likeness (QED) is 0.559. The van der Waals surface area contributed by atoms with Gasteiger partial charge in [0, 0.05) is 24.0 Å². The van der Waals surface area contributed by atoms with Crippen molar-refractivity contribution in [1.82, 2.24) is 0 Å². The van der Waals surface area contributed by atoms with Crippen molar-refractivity contribution < 1.29 is 19.0 Å². The third kappa shape index (κ3) is 7.59. The van der Waals surface area contributed by atoms with Gasteiger partial charge in [0.25, 0.3) is 0 Å². The van der Waals surface area contributed by atoms with Crippen LogP contribution in [0.4, 0.5) is 11.4 Å². The van der Waals surface area contributed by atoms with Crippen LogP contribution in [0.5, 0.6) is 11.5 Å². The van der Waals surface area contributed by atoms with Crippen LogP contribution < -0.4 is 20.1 Å². The van der Waals surface area contributed by atoms with Gasteiger partial charge < -0.3 is 24.8 Å². The molecule has 1 amide bonds. The number of hydrogen-bond acceptors (Lipinski definition) is 5. The average Bonchev–Trinajstić information content (AvgIpc) is 3.25. The Labute approximate surface area is 178 Å². The first-order chi connectivity index (χ1) is 14.6. The van der Waals surface area contributed by atoms with Crippen molar-refractivity contribution in [3.8, 4) is 11.5 Å². The molecule has 0 bridgehead atoms. The van der Waals surface area contributed by atoms with Gasteiger partial charge in [-0.3, -0.25) is 4.79 Å². The van der Waals surface area contributed by atoms with E-state index in [0.717, 1.165) is 48.7 Å². The van der Waals surface area contributed by atoms with Gasteiger partial charge in [0.05, 0.1) is 19.3 Å². The van der Waals surface area contributed by atoms with Crippen LogP contribution in [0.25, 0.3) is 0 Å². The van der Waals surface area contributed by atoms with Crippen LogP contribution in [-0.4, -0.2) is 38.4 Å². The first kappa shape index (κ1) is 22.0. The average molecular weight is 413 g/mol. The van der Waals surface area contributed by atoms with E-state index in [1.54, 1.807) is 0 Å². The lowest BCUT2D eigenvalue weighted by molar-refractivity contribution is -0.114. The zero-order valence-corrected chi connectivity index (χ0v) is 17.9. The number of benzene rings is 2. The van der Waals surface area contributed by atoms with Crippen LogP contribution >= 0.6 is 0 Å². The molecule has 1 aliphatic heterocycles. The maximum atomic E-state index is 12.3. The molecule has 0 aliphatic carbocycles. The molecule has 6 nitrogen and oxygen atoms in total. The molecule has 3 rings (SSSR count). The van der Waals surface area contributed by atoms with Crippen LogP contribution in [0.1, 0.15) is 33.1 Å². The molecule has 2 aromatic carbocycles. The summed E-state index contributed by atoms with van der Waals surface area (Å²) in [5, 5.41) is 6.02. The first-order valence-electron chi connectivity index (χ1n) is 10.7. The van der Waals surface area contributed by atoms with Gasteiger partial charge in [-0.2, -0.15) is 0 Å². The van der Waals surface area contributed by atoms with Crippen molar-refractivity contribution in [2.45, 2.75) is 39.2 Å². The number of nitrogens with one attached hydrogen (secondary N) is 2. The summed E-state index contributed by atoms with van der Waals surface area (Å²) in [6.07, 6.45) is 3.36. The fourth-order valence-corrected chi connectivity index (χ4v) is 3.10. The zero-order valence-electron chi connectivity index (χ0n) is 17.9. The summed E-state index contributed by atoms with van der Waals surface area (Å²) in [6, 6.07) is 15.1. The predicted molar refractivity (Wildman–Crippen MR) is 119 cm³/mol. The predicted octanol–water partition coefficient (Wildman–Crippen LogP) is 4.72. The van der Waals surface area contributed by atoms with Gasteiger partial charge in [0.2, 0.25) is 5.91 Å². The van der Waals surface area contributed by atoms with E-state index < -0.39 is 0 Å². The number of anilines is 2. The molecule has 1 saturated heterocycles. The van der Waals surface area contributed by atoms with Crippen molar-refractivity contribution in [3.05, 3.63) is 48.5 Å². The number of carbonyl (C=O) groups is 1. The fourth-order valence-electron chi connectivity index (χ4n) is 3.10. The Morgan fingerprint density at radius 2 is 1.93 bits per heavy atom. The van der Waals surface area contributed by atoms with E-state index in [1.165, 1.54) is 0 Å². The van der Waals surface area contributed by atoms with E-state index in [2.05, 4.69) is 24.5 Å². The van der Waals surface area contributed by atoms with Crippen LogP contribution in [0.15, 0.2) is 48.5 Å². The maximum Gasteiger partial charge on any atom is 0.243 e. The summed E-state index contributed by atoms with van der Waals surface area (Å²) in [5.41, 5.74) is 1.59. The minimum Gasteiger partial charge on any atom is -0.494 e. The summed E-state index contributed by atoms with van der Waals surface area (Å²) < 4.78 is 17.1. The Morgan fingerprint density at radius 3 is 2.67 bits per heavy atom. The topological polar surface area (TPSA) is 68.8 Å². The van der Waals surface area contributed by atoms with E-state index in [9.17, 15) is 4.79 Å². The molecule has 1 atom stereocenters. The van der Waals surface area contributed by atoms with Crippen molar-refractivity contribution in [3.63, 3.8) is 0 Å². The smallest absolute Gasteiger partial charge is 0.243 e. The van der Waals surface area contributed by atoms with Crippen LogP contribution in [0.2, 0.25) is 0 Å². The second-order valence-electron chi connectivity index (χ2n) is 7.93. The summed E-state index contributed by atoms with van der Waals surface area (Å²) in [6.45, 7) is 6.58. The van der Waals surface area contributed by atoms with Gasteiger partial charge >= 0.3 is 0 Å². The molecule has 1 heterocycles. The molecule has 30 heavy (non-hydrogen) atoms. The monoisotopic (exact) mass is 412 g/mol. The third-order valence-electron chi connectivity index (χ3n) is 4.85. The summed E-state index contributed by atoms with van der Waals surface area (Å²) in [4.78, 5) is 12.3. The minimum absolute atomic E-state index is 0.118. The fraction of sp³-hybridized carbons (Fsp3) is 0.458. The molecule has 6 heteroatoms. The van der Waals surface area contributed by atoms with Crippen LogP contribution in [0, 0.1) is 5.92 Å². The molecule has 2 N–H and O–H groups in total. The molecular weight excluding hydrogens is 380 g/mol. The molecule has 1 fully saturated rings. The van der Waals surface area contributed by atoms with Gasteiger partial charge in [0.1, 0.15) is 18.1 Å². The van der Waals surface area contributed by atoms with Crippen LogP contribution in [-0.2, 0) is 9.53 Å². The van der Waals surface area contributed by atoms with Gasteiger partial charge in [-0.05, 0) is 61.6 Å². The highest BCUT2D eigenvalue weighted by molar-refractivity contribution is 5.93. The number of hydrogen-bond donors (Lipinski definition) is 2. The molecule has 0 saturated carbocycles. The van der Waals surface area contributed by atoms with Crippen molar-refractivity contribution in [2.75, 3.05) is 37.0 Å². The Bertz CT molecular complexity index is 786. The molecule has 0 radical (unpaired) electrons. The normalized spacial score (nSPS) is 15.8. The molecule has 162 valence electrons. The zero-order chi connectivity index (χ0) is 21.2. The van der Waals surface area contributed by atoms with E-state index in [0.29, 0.717) is 19.1 Å². The molecule has 2 aromatic rings. The lowest BCUT2D eigenvalue weighted by Gasteiger charge is -2.12. The van der Waals surface area contributed by atoms with E-state index in [-0.39, 0.29) is 18.6 Å². The highest BCUT2D eigenvalue weighted by Crippen LogP contribution is 2.20. The first-order valence-corrected chi connectivity index (χ1v) is 10.7. The largest absolute Gasteiger partial charge is 0.494 e. The van der Waals surface area contributed by atoms with Crippen LogP contribution in [0.3, 0.4) is 0 Å². The van der Waals surface area contributed by atoms with Gasteiger partial charge in [-0.1, -0.05) is 19.9 Å². The summed E-state index contributed by atoms with van der Waals surface area (Å²) in [7, 11) is 0. The number of amides is 1. The Hall–Kier alpha value is -2.73. The highest BCUT2D eigenvalue weighted by atomic mass is 16.5. The number of ether oxygens (including phenoxy) is 3. The van der Waals surface area contributed by atoms with Crippen molar-refractivity contribution in [1.29, 1.82) is 0 Å². The Kier molecular flexibility index (Phi) is 8.39. The summed E-state index contributed by atoms with van der Waals surface area (Å²) in [5.74, 6) is 2.05. The van der Waals surface area contributed by atoms with Crippen molar-refractivity contribution in [2.24, 2.45) is 5.92 Å². The third-order valence-corrected chi connectivity index (χ3v) is 4.85. The Morgan fingerprint density at radius 1 is 1.10 bits per heavy atom. The second kappa shape index (κ2) is 11.5. The molecular formula is C24H32N2O4. The van der Waals surface area contributed by atoms with Gasteiger partial charge in [-0.25, -0.2) is 0 Å². The maximum absolute atomic E-state index is 12.3. The SMILES string of the molecule is CC(C)CCOc1cccc(NC(=O)CNc2ccc(OCC3CCCO3)cc2)c1. The summed E-state index contributed by atoms with van der Waals surface area (Å²) >= 11 is 0. The van der Waals surface area contributed by atoms with E-state index in [1.807, 2.05) is 48.5 Å². The lowest BCUT2D eigenvalue weighted by atomic mass is 10.1. The lowest BCUT2D eigenvalue weighted by Crippen LogP contribution is -2.21. The minimum atomic E-state index is -0.118. The molecule has 1 unspecified atom stereocenters. The van der Waals surface area contributed by atoms with Crippen molar-refractivity contribution >= 4 is 17.3 Å². The number of carbonyl (C=O) groups excluding carboxylic acids is 1. The standard InChI is InChI=1S/C24H32N2O4/c1-18(2)12-14-29-22-6-3-5-20(15-22)26-24(27)16-25-19-8-10-21(11-9-19)30-17-23-7-4-13-28-23/h3,5-6,8-11,15,18,23,25H,4,7,12-14,16-17H2,1-2H3,(H,26,27). The number of rotatable bonds is 11. The highest BCUT2D eigenvalue weighted by Gasteiger charge is 2.15. The Balaban J connectivity index is 1.39. The molecule has 0 aromatic heterocycles. The second-order valence-corrected chi connectivity index (χ2v) is 7.93. The molecule has 1 aliphatic rings. The van der Waals surface area contributed by atoms with E-state index >= 15 is 0 Å². The molecule has 0 spiro atoms.